The van der Waals surface area contributed by atoms with Crippen molar-refractivity contribution in [3.8, 4) is 0 Å². The Balaban J connectivity index is 2.03. The number of urea groups is 1. The topological polar surface area (TPSA) is 92.7 Å². The summed E-state index contributed by atoms with van der Waals surface area (Å²) in [6.45, 7) is 2.98. The molecule has 3 rings (SSSR count). The number of anilines is 1. The molecule has 0 radical (unpaired) electrons. The van der Waals surface area contributed by atoms with Crippen LogP contribution >= 0.6 is 0 Å². The molecule has 2 amide bonds. The van der Waals surface area contributed by atoms with Gasteiger partial charge in [-0.1, -0.05) is 36.4 Å². The van der Waals surface area contributed by atoms with Crippen molar-refractivity contribution in [2.24, 2.45) is 4.99 Å². The summed E-state index contributed by atoms with van der Waals surface area (Å²) in [4.78, 5) is 28.5. The van der Waals surface area contributed by atoms with Crippen molar-refractivity contribution < 1.29 is 18.0 Å². The number of amides is 2. The van der Waals surface area contributed by atoms with Crippen LogP contribution < -0.4 is 5.32 Å². The average Bonchev–Trinajstić information content (AvgIpc) is 2.67. The molecule has 0 heterocycles. The number of hydrogen-bond donors (Lipinski definition) is 1. The lowest BCUT2D eigenvalue weighted by Gasteiger charge is -2.17. The molecule has 2 aromatic rings. The van der Waals surface area contributed by atoms with Crippen LogP contribution in [0.1, 0.15) is 13.8 Å². The fraction of sp³-hybridized carbons (Fsp3) is 0.0952. The van der Waals surface area contributed by atoms with Crippen LogP contribution in [0, 0.1) is 0 Å². The second-order valence-corrected chi connectivity index (χ2v) is 8.11. The van der Waals surface area contributed by atoms with Gasteiger partial charge in [-0.2, -0.15) is 4.99 Å². The van der Waals surface area contributed by atoms with Gasteiger partial charge in [-0.25, -0.2) is 13.2 Å². The lowest BCUT2D eigenvalue weighted by atomic mass is 9.98. The van der Waals surface area contributed by atoms with Crippen LogP contribution in [0.15, 0.2) is 92.7 Å². The number of carbonyl (C=O) groups excluding carboxylic acids is 2. The van der Waals surface area contributed by atoms with Gasteiger partial charge in [-0.05, 0) is 55.3 Å². The lowest BCUT2D eigenvalue weighted by molar-refractivity contribution is -0.111. The van der Waals surface area contributed by atoms with Gasteiger partial charge in [-0.15, -0.1) is 0 Å². The zero-order valence-electron chi connectivity index (χ0n) is 15.3. The quantitative estimate of drug-likeness (QED) is 0.798. The molecule has 0 saturated heterocycles. The van der Waals surface area contributed by atoms with Crippen molar-refractivity contribution in [1.82, 2.24) is 0 Å². The van der Waals surface area contributed by atoms with Gasteiger partial charge in [0.25, 0.3) is 0 Å². The van der Waals surface area contributed by atoms with Crippen molar-refractivity contribution in [3.05, 3.63) is 82.8 Å². The number of Topliss-reactive ketones (excluding diaryl/α,β-unsaturated/α-hetero) is 1. The van der Waals surface area contributed by atoms with E-state index < -0.39 is 21.7 Å². The minimum Gasteiger partial charge on any atom is -0.306 e. The van der Waals surface area contributed by atoms with Crippen LogP contribution in [0.25, 0.3) is 0 Å². The van der Waals surface area contributed by atoms with Gasteiger partial charge in [0.15, 0.2) is 0 Å². The molecule has 0 aromatic heterocycles. The third-order valence-electron chi connectivity index (χ3n) is 4.21. The van der Waals surface area contributed by atoms with E-state index in [1.54, 1.807) is 42.5 Å². The Morgan fingerprint density at radius 2 is 1.50 bits per heavy atom. The molecule has 0 unspecified atom stereocenters. The number of para-hydroxylation sites is 1. The summed E-state index contributed by atoms with van der Waals surface area (Å²) in [6, 6.07) is 15.8. The average molecular weight is 394 g/mol. The number of rotatable bonds is 3. The molecule has 1 aliphatic carbocycles. The monoisotopic (exact) mass is 394 g/mol. The van der Waals surface area contributed by atoms with E-state index in [-0.39, 0.29) is 26.7 Å². The predicted octanol–water partition coefficient (Wildman–Crippen LogP) is 3.94. The number of hydrogen-bond acceptors (Lipinski definition) is 4. The van der Waals surface area contributed by atoms with E-state index in [4.69, 9.17) is 0 Å². The highest BCUT2D eigenvalue weighted by molar-refractivity contribution is 7.96. The molecule has 1 N–H and O–H groups in total. The molecule has 28 heavy (non-hydrogen) atoms. The van der Waals surface area contributed by atoms with E-state index in [9.17, 15) is 18.0 Å². The lowest BCUT2D eigenvalue weighted by Crippen LogP contribution is -2.24. The van der Waals surface area contributed by atoms with E-state index >= 15 is 0 Å². The van der Waals surface area contributed by atoms with Crippen LogP contribution in [-0.2, 0) is 14.6 Å². The molecule has 0 aliphatic heterocycles. The van der Waals surface area contributed by atoms with Crippen LogP contribution in [0.3, 0.4) is 0 Å². The highest BCUT2D eigenvalue weighted by atomic mass is 32.2. The fourth-order valence-electron chi connectivity index (χ4n) is 2.78. The van der Waals surface area contributed by atoms with E-state index in [1.165, 1.54) is 32.1 Å². The van der Waals surface area contributed by atoms with Gasteiger partial charge in [0, 0.05) is 5.69 Å². The van der Waals surface area contributed by atoms with Gasteiger partial charge >= 0.3 is 6.03 Å². The van der Waals surface area contributed by atoms with Crippen LogP contribution in [0.2, 0.25) is 0 Å². The summed E-state index contributed by atoms with van der Waals surface area (Å²) < 4.78 is 26.0. The molecule has 0 saturated carbocycles. The number of nitrogens with zero attached hydrogens (tertiary/aromatic N) is 1. The molecular weight excluding hydrogens is 376 g/mol. The molecule has 1 aliphatic rings. The fourth-order valence-corrected chi connectivity index (χ4v) is 4.45. The third kappa shape index (κ3) is 3.84. The summed E-state index contributed by atoms with van der Waals surface area (Å²) in [5, 5.41) is 2.61. The largest absolute Gasteiger partial charge is 0.345 e. The Bertz CT molecular complexity index is 1130. The maximum absolute atomic E-state index is 13.0. The number of nitrogens with one attached hydrogen (secondary N) is 1. The molecule has 0 spiro atoms. The molecule has 7 heteroatoms. The van der Waals surface area contributed by atoms with Crippen molar-refractivity contribution in [2.75, 3.05) is 5.32 Å². The van der Waals surface area contributed by atoms with Gasteiger partial charge in [0.1, 0.15) is 4.91 Å². The van der Waals surface area contributed by atoms with Crippen LogP contribution in [-0.4, -0.2) is 25.9 Å². The molecule has 0 bridgehead atoms. The van der Waals surface area contributed by atoms with Crippen molar-refractivity contribution in [1.29, 1.82) is 0 Å². The van der Waals surface area contributed by atoms with E-state index in [0.717, 1.165) is 0 Å². The number of aliphatic imine (C=N–C) groups is 1. The number of allylic oxidation sites excluding steroid dienone is 4. The van der Waals surface area contributed by atoms with Gasteiger partial charge < -0.3 is 5.32 Å². The summed E-state index contributed by atoms with van der Waals surface area (Å²) in [6.07, 6.45) is 1.42. The molecule has 6 nitrogen and oxygen atoms in total. The number of carbonyl (C=O) groups is 2. The Kier molecular flexibility index (Phi) is 5.37. The highest BCUT2D eigenvalue weighted by Gasteiger charge is 2.34. The van der Waals surface area contributed by atoms with E-state index in [1.807, 2.05) is 6.07 Å². The molecule has 142 valence electrons. The summed E-state index contributed by atoms with van der Waals surface area (Å²) in [5.41, 5.74) is 1.04. The second-order valence-electron chi connectivity index (χ2n) is 6.22. The summed E-state index contributed by atoms with van der Waals surface area (Å²) in [5.74, 6) is -0.594. The Morgan fingerprint density at radius 1 is 0.929 bits per heavy atom. The van der Waals surface area contributed by atoms with Gasteiger partial charge in [0.05, 0.1) is 10.6 Å². The maximum Gasteiger partial charge on any atom is 0.345 e. The van der Waals surface area contributed by atoms with E-state index in [0.29, 0.717) is 5.69 Å². The second kappa shape index (κ2) is 7.74. The Hall–Kier alpha value is -3.32. The van der Waals surface area contributed by atoms with Crippen molar-refractivity contribution in [3.63, 3.8) is 0 Å². The summed E-state index contributed by atoms with van der Waals surface area (Å²) in [7, 11) is -4.04. The number of benzene rings is 2. The standard InChI is InChI=1S/C21H18N2O4S/c1-14-13-18(23-21(25)22-16-9-5-3-6-10-16)15(2)20(19(14)24)28(26,27)17-11-7-4-8-12-17/h3-13H,1-2H3,(H,22,25). The zero-order chi connectivity index (χ0) is 20.3. The Labute approximate surface area is 163 Å². The minimum atomic E-state index is -4.04. The molecule has 0 fully saturated rings. The van der Waals surface area contributed by atoms with Crippen LogP contribution in [0.4, 0.5) is 10.5 Å². The minimum absolute atomic E-state index is 0.0143. The van der Waals surface area contributed by atoms with E-state index in [2.05, 4.69) is 10.3 Å². The molecule has 0 atom stereocenters. The first-order valence-electron chi connectivity index (χ1n) is 8.50. The first-order chi connectivity index (χ1) is 13.3. The first kappa shape index (κ1) is 19.4. The van der Waals surface area contributed by atoms with Crippen molar-refractivity contribution in [2.45, 2.75) is 18.7 Å². The Morgan fingerprint density at radius 3 is 2.11 bits per heavy atom. The third-order valence-corrected chi connectivity index (χ3v) is 6.13. The number of ketones is 1. The predicted molar refractivity (Wildman–Crippen MR) is 108 cm³/mol. The van der Waals surface area contributed by atoms with Gasteiger partial charge in [0.2, 0.25) is 15.6 Å². The first-order valence-corrected chi connectivity index (χ1v) is 9.98. The normalized spacial score (nSPS) is 16.1. The SMILES string of the molecule is CC1=CC(=NC(=O)Nc2ccccc2)C(C)=C(S(=O)(=O)c2ccccc2)C1=O. The highest BCUT2D eigenvalue weighted by Crippen LogP contribution is 2.29. The molecular formula is C21H18N2O4S. The maximum atomic E-state index is 13.0. The zero-order valence-corrected chi connectivity index (χ0v) is 16.2. The summed E-state index contributed by atoms with van der Waals surface area (Å²) >= 11 is 0. The molecule has 2 aromatic carbocycles. The van der Waals surface area contributed by atoms with Gasteiger partial charge in [-0.3, -0.25) is 4.79 Å². The number of sulfone groups is 1. The van der Waals surface area contributed by atoms with Crippen LogP contribution in [0.5, 0.6) is 0 Å². The van der Waals surface area contributed by atoms with Crippen molar-refractivity contribution >= 4 is 33.1 Å². The smallest absolute Gasteiger partial charge is 0.306 e.